The fourth-order valence-corrected chi connectivity index (χ4v) is 3.21. The minimum Gasteiger partial charge on any atom is -0.292 e. The molecule has 0 radical (unpaired) electrons. The molecule has 1 N–H and O–H groups in total. The SMILES string of the molecule is C[C@]1(CNS(C)(=O)=O)CCCN1Cc1ccccc1. The topological polar surface area (TPSA) is 49.4 Å². The van der Waals surface area contributed by atoms with Crippen LogP contribution >= 0.6 is 0 Å². The predicted octanol–water partition coefficient (Wildman–Crippen LogP) is 1.59. The summed E-state index contributed by atoms with van der Waals surface area (Å²) in [6, 6.07) is 10.3. The van der Waals surface area contributed by atoms with Crippen LogP contribution in [0.1, 0.15) is 25.3 Å². The van der Waals surface area contributed by atoms with Crippen molar-refractivity contribution >= 4 is 10.0 Å². The van der Waals surface area contributed by atoms with Crippen LogP contribution in [0, 0.1) is 0 Å². The molecule has 0 aromatic heterocycles. The molecule has 0 spiro atoms. The lowest BCUT2D eigenvalue weighted by atomic mass is 9.99. The monoisotopic (exact) mass is 282 g/mol. The van der Waals surface area contributed by atoms with Gasteiger partial charge in [0.25, 0.3) is 0 Å². The number of rotatable bonds is 5. The molecule has 2 rings (SSSR count). The normalized spacial score (nSPS) is 24.7. The summed E-state index contributed by atoms with van der Waals surface area (Å²) in [5, 5.41) is 0. The fourth-order valence-electron chi connectivity index (χ4n) is 2.64. The molecule has 1 aromatic rings. The minimum atomic E-state index is -3.12. The van der Waals surface area contributed by atoms with Crippen LogP contribution in [0.3, 0.4) is 0 Å². The van der Waals surface area contributed by atoms with E-state index < -0.39 is 10.0 Å². The van der Waals surface area contributed by atoms with Gasteiger partial charge in [0.2, 0.25) is 10.0 Å². The highest BCUT2D eigenvalue weighted by Crippen LogP contribution is 2.30. The molecule has 1 fully saturated rings. The van der Waals surface area contributed by atoms with Crippen LogP contribution in [0.15, 0.2) is 30.3 Å². The zero-order valence-electron chi connectivity index (χ0n) is 11.6. The third-order valence-corrected chi connectivity index (χ3v) is 4.51. The molecule has 0 bridgehead atoms. The maximum absolute atomic E-state index is 11.3. The van der Waals surface area contributed by atoms with Crippen molar-refractivity contribution in [1.29, 1.82) is 0 Å². The maximum Gasteiger partial charge on any atom is 0.208 e. The molecule has 4 nitrogen and oxygen atoms in total. The van der Waals surface area contributed by atoms with Crippen LogP contribution in [0.5, 0.6) is 0 Å². The van der Waals surface area contributed by atoms with Crippen molar-refractivity contribution in [3.05, 3.63) is 35.9 Å². The van der Waals surface area contributed by atoms with Gasteiger partial charge in [-0.3, -0.25) is 4.90 Å². The smallest absolute Gasteiger partial charge is 0.208 e. The first-order valence-corrected chi connectivity index (χ1v) is 8.52. The first-order valence-electron chi connectivity index (χ1n) is 6.63. The highest BCUT2D eigenvalue weighted by atomic mass is 32.2. The zero-order chi connectivity index (χ0) is 13.9. The molecule has 0 aliphatic carbocycles. The van der Waals surface area contributed by atoms with Crippen LogP contribution in [0.4, 0.5) is 0 Å². The summed E-state index contributed by atoms with van der Waals surface area (Å²) < 4.78 is 25.2. The first-order chi connectivity index (χ1) is 8.89. The Balaban J connectivity index is 2.03. The van der Waals surface area contributed by atoms with Crippen molar-refractivity contribution in [2.24, 2.45) is 0 Å². The Bertz CT molecular complexity index is 516. The quantitative estimate of drug-likeness (QED) is 0.892. The Hall–Kier alpha value is -0.910. The van der Waals surface area contributed by atoms with Gasteiger partial charge in [-0.1, -0.05) is 30.3 Å². The molecule has 1 aliphatic heterocycles. The van der Waals surface area contributed by atoms with Gasteiger partial charge in [0.1, 0.15) is 0 Å². The molecule has 1 aliphatic rings. The summed E-state index contributed by atoms with van der Waals surface area (Å²) >= 11 is 0. The van der Waals surface area contributed by atoms with Gasteiger partial charge in [0.05, 0.1) is 6.26 Å². The third kappa shape index (κ3) is 4.03. The van der Waals surface area contributed by atoms with E-state index in [4.69, 9.17) is 0 Å². The number of nitrogens with one attached hydrogen (secondary N) is 1. The molecule has 1 atom stereocenters. The van der Waals surface area contributed by atoms with Crippen LogP contribution in [-0.4, -0.2) is 38.2 Å². The summed E-state index contributed by atoms with van der Waals surface area (Å²) in [5.41, 5.74) is 1.19. The van der Waals surface area contributed by atoms with E-state index in [0.717, 1.165) is 25.9 Å². The van der Waals surface area contributed by atoms with E-state index in [2.05, 4.69) is 28.7 Å². The second-order valence-electron chi connectivity index (χ2n) is 5.60. The summed E-state index contributed by atoms with van der Waals surface area (Å²) in [5.74, 6) is 0. The molecule has 1 heterocycles. The van der Waals surface area contributed by atoms with E-state index in [0.29, 0.717) is 6.54 Å². The Kier molecular flexibility index (Phi) is 4.28. The number of likely N-dealkylation sites (tertiary alicyclic amines) is 1. The van der Waals surface area contributed by atoms with Gasteiger partial charge < -0.3 is 0 Å². The second kappa shape index (κ2) is 5.61. The molecule has 0 saturated carbocycles. The maximum atomic E-state index is 11.3. The number of nitrogens with zero attached hydrogens (tertiary/aromatic N) is 1. The second-order valence-corrected chi connectivity index (χ2v) is 7.43. The Morgan fingerprint density at radius 3 is 2.63 bits per heavy atom. The molecule has 1 saturated heterocycles. The highest BCUT2D eigenvalue weighted by Gasteiger charge is 2.36. The molecule has 1 aromatic carbocycles. The lowest BCUT2D eigenvalue weighted by Gasteiger charge is -2.35. The van der Waals surface area contributed by atoms with Gasteiger partial charge in [-0.15, -0.1) is 0 Å². The van der Waals surface area contributed by atoms with Gasteiger partial charge >= 0.3 is 0 Å². The van der Waals surface area contributed by atoms with Gasteiger partial charge in [-0.25, -0.2) is 13.1 Å². The summed E-state index contributed by atoms with van der Waals surface area (Å²) in [4.78, 5) is 2.38. The van der Waals surface area contributed by atoms with Crippen molar-refractivity contribution in [2.45, 2.75) is 31.8 Å². The zero-order valence-corrected chi connectivity index (χ0v) is 12.4. The molecule has 106 valence electrons. The van der Waals surface area contributed by atoms with E-state index >= 15 is 0 Å². The summed E-state index contributed by atoms with van der Waals surface area (Å²) in [6.07, 6.45) is 3.37. The van der Waals surface area contributed by atoms with Gasteiger partial charge in [-0.2, -0.15) is 0 Å². The van der Waals surface area contributed by atoms with Crippen LogP contribution in [0.25, 0.3) is 0 Å². The average Bonchev–Trinajstić information content (AvgIpc) is 2.70. The third-order valence-electron chi connectivity index (χ3n) is 3.84. The summed E-state index contributed by atoms with van der Waals surface area (Å²) in [6.45, 7) is 4.53. The predicted molar refractivity (Wildman–Crippen MR) is 77.3 cm³/mol. The standard InChI is InChI=1S/C14H22N2O2S/c1-14(12-15-19(2,17)18)9-6-10-16(14)11-13-7-4-3-5-8-13/h3-5,7-8,15H,6,9-12H2,1-2H3/t14-/m1/s1. The van der Waals surface area contributed by atoms with Crippen molar-refractivity contribution in [2.75, 3.05) is 19.3 Å². The van der Waals surface area contributed by atoms with Crippen LogP contribution in [0.2, 0.25) is 0 Å². The highest BCUT2D eigenvalue weighted by molar-refractivity contribution is 7.88. The Morgan fingerprint density at radius 2 is 2.00 bits per heavy atom. The molecular weight excluding hydrogens is 260 g/mol. The van der Waals surface area contributed by atoms with E-state index in [1.54, 1.807) is 0 Å². The lowest BCUT2D eigenvalue weighted by molar-refractivity contribution is 0.151. The molecule has 0 unspecified atom stereocenters. The van der Waals surface area contributed by atoms with Crippen molar-refractivity contribution in [3.63, 3.8) is 0 Å². The van der Waals surface area contributed by atoms with E-state index in [1.807, 2.05) is 18.2 Å². The van der Waals surface area contributed by atoms with Gasteiger partial charge in [0.15, 0.2) is 0 Å². The first kappa shape index (κ1) is 14.5. The number of hydrogen-bond acceptors (Lipinski definition) is 3. The Morgan fingerprint density at radius 1 is 1.32 bits per heavy atom. The van der Waals surface area contributed by atoms with E-state index in [1.165, 1.54) is 11.8 Å². The number of benzene rings is 1. The molecular formula is C14H22N2O2S. The average molecular weight is 282 g/mol. The van der Waals surface area contributed by atoms with Crippen LogP contribution in [-0.2, 0) is 16.6 Å². The lowest BCUT2D eigenvalue weighted by Crippen LogP contribution is -2.49. The molecule has 5 heteroatoms. The van der Waals surface area contributed by atoms with Gasteiger partial charge in [-0.05, 0) is 31.9 Å². The van der Waals surface area contributed by atoms with E-state index in [9.17, 15) is 8.42 Å². The molecule has 19 heavy (non-hydrogen) atoms. The van der Waals surface area contributed by atoms with Crippen LogP contribution < -0.4 is 4.72 Å². The van der Waals surface area contributed by atoms with Gasteiger partial charge in [0, 0.05) is 18.6 Å². The van der Waals surface area contributed by atoms with E-state index in [-0.39, 0.29) is 5.54 Å². The largest absolute Gasteiger partial charge is 0.292 e. The Labute approximate surface area is 115 Å². The summed E-state index contributed by atoms with van der Waals surface area (Å²) in [7, 11) is -3.12. The minimum absolute atomic E-state index is 0.0844. The van der Waals surface area contributed by atoms with Crippen molar-refractivity contribution < 1.29 is 8.42 Å². The van der Waals surface area contributed by atoms with Crippen molar-refractivity contribution in [3.8, 4) is 0 Å². The number of hydrogen-bond donors (Lipinski definition) is 1. The number of sulfonamides is 1. The fraction of sp³-hybridized carbons (Fsp3) is 0.571. The van der Waals surface area contributed by atoms with Crippen molar-refractivity contribution in [1.82, 2.24) is 9.62 Å². The molecule has 0 amide bonds.